The average molecular weight is 223 g/mol. The van der Waals surface area contributed by atoms with E-state index in [4.69, 9.17) is 4.74 Å². The Morgan fingerprint density at radius 3 is 3.12 bits per heavy atom. The largest absolute Gasteiger partial charge is 0.448 e. The highest BCUT2D eigenvalue weighted by atomic mass is 16.6. The number of hydrogen-bond acceptors (Lipinski definition) is 3. The summed E-state index contributed by atoms with van der Waals surface area (Å²) in [4.78, 5) is 26.9. The predicted octanol–water partition coefficient (Wildman–Crippen LogP) is 0.197. The van der Waals surface area contributed by atoms with Crippen molar-refractivity contribution in [3.05, 3.63) is 24.0 Å². The van der Waals surface area contributed by atoms with E-state index < -0.39 is 0 Å². The molecule has 0 bridgehead atoms. The van der Waals surface area contributed by atoms with Crippen molar-refractivity contribution in [3.8, 4) is 0 Å². The van der Waals surface area contributed by atoms with Crippen molar-refractivity contribution < 1.29 is 14.3 Å². The molecule has 16 heavy (non-hydrogen) atoms. The van der Waals surface area contributed by atoms with Crippen molar-refractivity contribution in [2.24, 2.45) is 0 Å². The molecular weight excluding hydrogens is 210 g/mol. The lowest BCUT2D eigenvalue weighted by Crippen LogP contribution is -2.35. The number of nitrogens with zero attached hydrogens (tertiary/aromatic N) is 1. The van der Waals surface area contributed by atoms with Gasteiger partial charge in [0.15, 0.2) is 0 Å². The van der Waals surface area contributed by atoms with Gasteiger partial charge in [0.25, 0.3) is 5.91 Å². The van der Waals surface area contributed by atoms with Gasteiger partial charge in [-0.05, 0) is 6.07 Å². The number of H-pyrrole nitrogens is 1. The van der Waals surface area contributed by atoms with Gasteiger partial charge in [-0.3, -0.25) is 4.79 Å². The van der Waals surface area contributed by atoms with E-state index in [1.807, 2.05) is 0 Å². The van der Waals surface area contributed by atoms with Crippen LogP contribution >= 0.6 is 0 Å². The van der Waals surface area contributed by atoms with Gasteiger partial charge in [0.2, 0.25) is 0 Å². The molecule has 0 aliphatic carbocycles. The zero-order valence-corrected chi connectivity index (χ0v) is 8.73. The SMILES string of the molecule is O=C(NCCN1CCOC1=O)c1cc[nH]c1. The van der Waals surface area contributed by atoms with Crippen LogP contribution < -0.4 is 5.32 Å². The molecule has 1 aliphatic rings. The number of amides is 2. The fraction of sp³-hybridized carbons (Fsp3) is 0.400. The van der Waals surface area contributed by atoms with Gasteiger partial charge in [0.05, 0.1) is 12.1 Å². The number of hydrogen-bond donors (Lipinski definition) is 2. The van der Waals surface area contributed by atoms with Crippen molar-refractivity contribution in [2.75, 3.05) is 26.2 Å². The maximum absolute atomic E-state index is 11.5. The van der Waals surface area contributed by atoms with E-state index in [1.54, 1.807) is 23.4 Å². The van der Waals surface area contributed by atoms with Crippen LogP contribution in [0.15, 0.2) is 18.5 Å². The topological polar surface area (TPSA) is 74.4 Å². The second-order valence-corrected chi connectivity index (χ2v) is 3.46. The summed E-state index contributed by atoms with van der Waals surface area (Å²) in [5, 5.41) is 2.72. The number of cyclic esters (lactones) is 1. The molecule has 2 amide bonds. The number of aromatic amines is 1. The Morgan fingerprint density at radius 2 is 2.50 bits per heavy atom. The Hall–Kier alpha value is -1.98. The van der Waals surface area contributed by atoms with E-state index in [1.165, 1.54) is 0 Å². The van der Waals surface area contributed by atoms with Gasteiger partial charge >= 0.3 is 6.09 Å². The Bertz CT molecular complexity index is 375. The highest BCUT2D eigenvalue weighted by Crippen LogP contribution is 2.01. The number of aromatic nitrogens is 1. The molecule has 0 unspecified atom stereocenters. The van der Waals surface area contributed by atoms with Crippen LogP contribution in [0.1, 0.15) is 10.4 Å². The molecule has 0 saturated carbocycles. The quantitative estimate of drug-likeness (QED) is 0.765. The maximum atomic E-state index is 11.5. The van der Waals surface area contributed by atoms with Crippen LogP contribution in [-0.2, 0) is 4.74 Å². The third kappa shape index (κ3) is 2.33. The van der Waals surface area contributed by atoms with Gasteiger partial charge in [-0.25, -0.2) is 4.79 Å². The molecule has 0 spiro atoms. The number of ether oxygens (including phenoxy) is 1. The molecule has 1 aliphatic heterocycles. The minimum atomic E-state index is -0.309. The average Bonchev–Trinajstić information content (AvgIpc) is 2.90. The Labute approximate surface area is 92.6 Å². The number of carbonyl (C=O) groups excluding carboxylic acids is 2. The molecule has 0 aromatic carbocycles. The van der Waals surface area contributed by atoms with Crippen LogP contribution in [0.5, 0.6) is 0 Å². The lowest BCUT2D eigenvalue weighted by Gasteiger charge is -2.12. The van der Waals surface area contributed by atoms with E-state index in [0.717, 1.165) is 0 Å². The molecule has 6 nitrogen and oxygen atoms in total. The van der Waals surface area contributed by atoms with Gasteiger partial charge in [-0.2, -0.15) is 0 Å². The third-order valence-electron chi connectivity index (χ3n) is 2.37. The summed E-state index contributed by atoms with van der Waals surface area (Å²) < 4.78 is 4.76. The first-order valence-corrected chi connectivity index (χ1v) is 5.10. The second-order valence-electron chi connectivity index (χ2n) is 3.46. The first-order chi connectivity index (χ1) is 7.77. The van der Waals surface area contributed by atoms with Crippen molar-refractivity contribution >= 4 is 12.0 Å². The van der Waals surface area contributed by atoms with E-state index in [-0.39, 0.29) is 12.0 Å². The van der Waals surface area contributed by atoms with Crippen LogP contribution in [0.4, 0.5) is 4.79 Å². The molecule has 2 N–H and O–H groups in total. The first-order valence-electron chi connectivity index (χ1n) is 5.10. The van der Waals surface area contributed by atoms with E-state index in [2.05, 4.69) is 10.3 Å². The minimum Gasteiger partial charge on any atom is -0.448 e. The summed E-state index contributed by atoms with van der Waals surface area (Å²) in [6.45, 7) is 1.94. The molecule has 2 heterocycles. The summed E-state index contributed by atoms with van der Waals surface area (Å²) in [5.74, 6) is -0.145. The number of nitrogens with one attached hydrogen (secondary N) is 2. The van der Waals surface area contributed by atoms with Crippen LogP contribution in [-0.4, -0.2) is 48.1 Å². The molecule has 0 radical (unpaired) electrons. The molecule has 6 heteroatoms. The summed E-state index contributed by atoms with van der Waals surface area (Å²) in [6, 6.07) is 1.69. The number of rotatable bonds is 4. The third-order valence-corrected chi connectivity index (χ3v) is 2.37. The van der Waals surface area contributed by atoms with Gasteiger partial charge in [-0.1, -0.05) is 0 Å². The monoisotopic (exact) mass is 223 g/mol. The molecule has 0 atom stereocenters. The van der Waals surface area contributed by atoms with E-state index in [0.29, 0.717) is 31.8 Å². The molecule has 86 valence electrons. The molecule has 1 fully saturated rings. The van der Waals surface area contributed by atoms with Gasteiger partial charge in [0.1, 0.15) is 6.61 Å². The van der Waals surface area contributed by atoms with Crippen LogP contribution in [0.25, 0.3) is 0 Å². The van der Waals surface area contributed by atoms with Gasteiger partial charge in [-0.15, -0.1) is 0 Å². The second kappa shape index (κ2) is 4.69. The molecule has 1 aromatic heterocycles. The minimum absolute atomic E-state index is 0.145. The van der Waals surface area contributed by atoms with Crippen molar-refractivity contribution in [3.63, 3.8) is 0 Å². The summed E-state index contributed by atoms with van der Waals surface area (Å²) in [5.41, 5.74) is 0.587. The molecule has 1 saturated heterocycles. The normalized spacial score (nSPS) is 15.0. The van der Waals surface area contributed by atoms with Gasteiger partial charge < -0.3 is 19.9 Å². The smallest absolute Gasteiger partial charge is 0.409 e. The van der Waals surface area contributed by atoms with Crippen molar-refractivity contribution in [1.82, 2.24) is 15.2 Å². The summed E-state index contributed by atoms with van der Waals surface area (Å²) in [6.07, 6.45) is 3.00. The van der Waals surface area contributed by atoms with Crippen molar-refractivity contribution in [1.29, 1.82) is 0 Å². The predicted molar refractivity (Wildman–Crippen MR) is 56.0 cm³/mol. The van der Waals surface area contributed by atoms with Crippen LogP contribution in [0, 0.1) is 0 Å². The highest BCUT2D eigenvalue weighted by molar-refractivity contribution is 5.93. The summed E-state index contributed by atoms with van der Waals surface area (Å²) >= 11 is 0. The van der Waals surface area contributed by atoms with Crippen molar-refractivity contribution in [2.45, 2.75) is 0 Å². The van der Waals surface area contributed by atoms with Crippen LogP contribution in [0.3, 0.4) is 0 Å². The fourth-order valence-corrected chi connectivity index (χ4v) is 1.50. The number of carbonyl (C=O) groups is 2. The maximum Gasteiger partial charge on any atom is 0.409 e. The Kier molecular flexibility index (Phi) is 3.09. The van der Waals surface area contributed by atoms with Gasteiger partial charge in [0, 0.05) is 25.5 Å². The Balaban J connectivity index is 1.72. The fourth-order valence-electron chi connectivity index (χ4n) is 1.50. The zero-order valence-electron chi connectivity index (χ0n) is 8.73. The Morgan fingerprint density at radius 1 is 1.62 bits per heavy atom. The molecular formula is C10H13N3O3. The molecule has 2 rings (SSSR count). The van der Waals surface area contributed by atoms with Crippen LogP contribution in [0.2, 0.25) is 0 Å². The first kappa shape index (κ1) is 10.5. The lowest BCUT2D eigenvalue weighted by atomic mass is 10.3. The summed E-state index contributed by atoms with van der Waals surface area (Å²) in [7, 11) is 0. The lowest BCUT2D eigenvalue weighted by molar-refractivity contribution is 0.0949. The van der Waals surface area contributed by atoms with E-state index in [9.17, 15) is 9.59 Å². The molecule has 1 aromatic rings. The standard InChI is InChI=1S/C10H13N3O3/c14-9(8-1-2-11-7-8)12-3-4-13-5-6-16-10(13)15/h1-2,7,11H,3-6H2,(H,12,14). The highest BCUT2D eigenvalue weighted by Gasteiger charge is 2.21. The zero-order chi connectivity index (χ0) is 11.4. The van der Waals surface area contributed by atoms with E-state index >= 15 is 0 Å².